The number of para-hydroxylation sites is 1. The molecule has 0 aliphatic rings. The largest absolute Gasteiger partial charge is 0.496 e. The SMILES string of the molecule is COC(=O)[C@H](C)Oc1ccc(C=Nn2c(-c3cc4c(OC)cccc4o3)nc3ccccc3c2=O)cc1I. The highest BCUT2D eigenvalue weighted by Crippen LogP contribution is 2.33. The van der Waals surface area contributed by atoms with Crippen molar-refractivity contribution in [3.05, 3.63) is 86.2 Å². The van der Waals surface area contributed by atoms with E-state index in [1.807, 2.05) is 30.3 Å². The molecule has 9 nitrogen and oxygen atoms in total. The normalized spacial score (nSPS) is 12.2. The highest BCUT2D eigenvalue weighted by atomic mass is 127. The lowest BCUT2D eigenvalue weighted by molar-refractivity contribution is -0.147. The van der Waals surface area contributed by atoms with E-state index in [1.54, 1.807) is 56.6 Å². The Balaban J connectivity index is 1.58. The molecule has 0 aliphatic carbocycles. The maximum atomic E-state index is 13.5. The number of furan rings is 1. The number of benzene rings is 3. The number of hydrogen-bond acceptors (Lipinski definition) is 8. The Morgan fingerprint density at radius 1 is 1.05 bits per heavy atom. The maximum absolute atomic E-state index is 13.5. The van der Waals surface area contributed by atoms with Gasteiger partial charge in [0, 0.05) is 0 Å². The fourth-order valence-electron chi connectivity index (χ4n) is 3.93. The second-order valence-corrected chi connectivity index (χ2v) is 9.43. The number of carbonyl (C=O) groups excluding carboxylic acids is 1. The number of nitrogens with zero attached hydrogens (tertiary/aromatic N) is 3. The van der Waals surface area contributed by atoms with Gasteiger partial charge in [-0.2, -0.15) is 9.78 Å². The number of aromatic nitrogens is 2. The number of esters is 1. The Hall–Kier alpha value is -4.19. The van der Waals surface area contributed by atoms with Gasteiger partial charge in [0.1, 0.15) is 17.1 Å². The average Bonchev–Trinajstić information content (AvgIpc) is 3.37. The van der Waals surface area contributed by atoms with Crippen molar-refractivity contribution in [3.8, 4) is 23.1 Å². The van der Waals surface area contributed by atoms with Crippen LogP contribution < -0.4 is 15.0 Å². The summed E-state index contributed by atoms with van der Waals surface area (Å²) in [4.78, 5) is 29.9. The van der Waals surface area contributed by atoms with E-state index in [-0.39, 0.29) is 11.4 Å². The molecule has 3 aromatic carbocycles. The summed E-state index contributed by atoms with van der Waals surface area (Å²) in [7, 11) is 2.90. The van der Waals surface area contributed by atoms with Gasteiger partial charge in [-0.3, -0.25) is 4.79 Å². The number of carbonyl (C=O) groups is 1. The van der Waals surface area contributed by atoms with Gasteiger partial charge in [0.15, 0.2) is 11.9 Å². The molecule has 38 heavy (non-hydrogen) atoms. The van der Waals surface area contributed by atoms with Crippen LogP contribution in [0.3, 0.4) is 0 Å². The molecule has 0 unspecified atom stereocenters. The predicted octanol–water partition coefficient (Wildman–Crippen LogP) is 5.25. The summed E-state index contributed by atoms with van der Waals surface area (Å²) in [6, 6.07) is 19.7. The molecular formula is C28H22IN3O6. The van der Waals surface area contributed by atoms with Crippen molar-refractivity contribution in [2.45, 2.75) is 13.0 Å². The van der Waals surface area contributed by atoms with Crippen LogP contribution in [0.15, 0.2) is 81.0 Å². The lowest BCUT2D eigenvalue weighted by Crippen LogP contribution is -2.25. The monoisotopic (exact) mass is 623 g/mol. The molecular weight excluding hydrogens is 601 g/mol. The first kappa shape index (κ1) is 25.5. The third kappa shape index (κ3) is 4.86. The standard InChI is InChI=1S/C28H22IN3O6/c1-16(28(34)36-3)37-24-12-11-17(13-20(24)29)15-30-32-26(31-21-8-5-4-7-18(21)27(32)33)25-14-19-22(35-2)9-6-10-23(19)38-25/h4-16H,1-3H3/t16-/m0/s1. The van der Waals surface area contributed by atoms with Crippen molar-refractivity contribution in [2.75, 3.05) is 14.2 Å². The molecule has 2 heterocycles. The van der Waals surface area contributed by atoms with Gasteiger partial charge < -0.3 is 18.6 Å². The van der Waals surface area contributed by atoms with Gasteiger partial charge in [0.05, 0.1) is 40.3 Å². The van der Waals surface area contributed by atoms with Crippen LogP contribution in [0.1, 0.15) is 12.5 Å². The fraction of sp³-hybridized carbons (Fsp3) is 0.143. The fourth-order valence-corrected chi connectivity index (χ4v) is 4.60. The summed E-state index contributed by atoms with van der Waals surface area (Å²) in [6.07, 6.45) is 0.806. The Labute approximate surface area is 230 Å². The molecule has 0 saturated heterocycles. The average molecular weight is 623 g/mol. The van der Waals surface area contributed by atoms with Crippen LogP contribution >= 0.6 is 22.6 Å². The number of rotatable bonds is 7. The number of hydrogen-bond donors (Lipinski definition) is 0. The first-order valence-electron chi connectivity index (χ1n) is 11.6. The summed E-state index contributed by atoms with van der Waals surface area (Å²) in [5.41, 5.74) is 1.51. The van der Waals surface area contributed by atoms with E-state index in [4.69, 9.17) is 23.6 Å². The number of fused-ring (bicyclic) bond motifs is 2. The topological polar surface area (TPSA) is 105 Å². The van der Waals surface area contributed by atoms with E-state index < -0.39 is 12.1 Å². The molecule has 0 saturated carbocycles. The summed E-state index contributed by atoms with van der Waals surface area (Å²) in [5, 5.41) is 5.68. The highest BCUT2D eigenvalue weighted by Gasteiger charge is 2.18. The number of methoxy groups -OCH3 is 2. The van der Waals surface area contributed by atoms with Crippen LogP contribution in [-0.4, -0.2) is 42.2 Å². The van der Waals surface area contributed by atoms with E-state index >= 15 is 0 Å². The van der Waals surface area contributed by atoms with Gasteiger partial charge in [-0.05, 0) is 83.6 Å². The van der Waals surface area contributed by atoms with E-state index in [9.17, 15) is 9.59 Å². The van der Waals surface area contributed by atoms with Gasteiger partial charge in [-0.15, -0.1) is 0 Å². The van der Waals surface area contributed by atoms with Crippen LogP contribution in [0.5, 0.6) is 11.5 Å². The zero-order chi connectivity index (χ0) is 26.8. The zero-order valence-corrected chi connectivity index (χ0v) is 22.8. The van der Waals surface area contributed by atoms with Crippen molar-refractivity contribution in [1.29, 1.82) is 0 Å². The number of ether oxygens (including phenoxy) is 3. The molecule has 0 spiro atoms. The molecule has 5 rings (SSSR count). The third-order valence-electron chi connectivity index (χ3n) is 5.83. The third-order valence-corrected chi connectivity index (χ3v) is 6.67. The minimum absolute atomic E-state index is 0.254. The highest BCUT2D eigenvalue weighted by molar-refractivity contribution is 14.1. The summed E-state index contributed by atoms with van der Waals surface area (Å²) in [5.74, 6) is 1.34. The molecule has 0 amide bonds. The van der Waals surface area contributed by atoms with Gasteiger partial charge >= 0.3 is 5.97 Å². The maximum Gasteiger partial charge on any atom is 0.346 e. The van der Waals surface area contributed by atoms with Gasteiger partial charge in [-0.1, -0.05) is 18.2 Å². The minimum Gasteiger partial charge on any atom is -0.496 e. The molecule has 0 aliphatic heterocycles. The summed E-state index contributed by atoms with van der Waals surface area (Å²) >= 11 is 2.11. The summed E-state index contributed by atoms with van der Waals surface area (Å²) in [6.45, 7) is 1.62. The van der Waals surface area contributed by atoms with Crippen molar-refractivity contribution in [1.82, 2.24) is 9.66 Å². The van der Waals surface area contributed by atoms with E-state index in [0.29, 0.717) is 39.3 Å². The first-order valence-corrected chi connectivity index (χ1v) is 12.6. The van der Waals surface area contributed by atoms with Crippen molar-refractivity contribution in [2.24, 2.45) is 5.10 Å². The molecule has 2 aromatic heterocycles. The smallest absolute Gasteiger partial charge is 0.346 e. The zero-order valence-electron chi connectivity index (χ0n) is 20.7. The van der Waals surface area contributed by atoms with Crippen LogP contribution in [0.2, 0.25) is 0 Å². The molecule has 0 fully saturated rings. The lowest BCUT2D eigenvalue weighted by Gasteiger charge is -2.14. The minimum atomic E-state index is -0.750. The molecule has 0 N–H and O–H groups in total. The van der Waals surface area contributed by atoms with Crippen molar-refractivity contribution in [3.63, 3.8) is 0 Å². The number of halogens is 1. The second kappa shape index (κ2) is 10.7. The molecule has 5 aromatic rings. The van der Waals surface area contributed by atoms with Crippen molar-refractivity contribution < 1.29 is 23.4 Å². The van der Waals surface area contributed by atoms with E-state index in [1.165, 1.54) is 11.8 Å². The molecule has 192 valence electrons. The van der Waals surface area contributed by atoms with E-state index in [2.05, 4.69) is 27.7 Å². The van der Waals surface area contributed by atoms with Crippen LogP contribution in [-0.2, 0) is 9.53 Å². The lowest BCUT2D eigenvalue weighted by atomic mass is 10.2. The Kier molecular flexibility index (Phi) is 7.14. The second-order valence-electron chi connectivity index (χ2n) is 8.27. The Morgan fingerprint density at radius 2 is 1.87 bits per heavy atom. The molecule has 0 radical (unpaired) electrons. The Bertz CT molecular complexity index is 1760. The Morgan fingerprint density at radius 3 is 2.63 bits per heavy atom. The molecule has 1 atom stereocenters. The van der Waals surface area contributed by atoms with Gasteiger partial charge in [0.2, 0.25) is 5.82 Å². The predicted molar refractivity (Wildman–Crippen MR) is 152 cm³/mol. The quantitative estimate of drug-likeness (QED) is 0.139. The van der Waals surface area contributed by atoms with Crippen molar-refractivity contribution >= 4 is 56.6 Å². The van der Waals surface area contributed by atoms with Gasteiger partial charge in [0.25, 0.3) is 5.56 Å². The first-order chi connectivity index (χ1) is 18.4. The van der Waals surface area contributed by atoms with Gasteiger partial charge in [-0.25, -0.2) is 9.78 Å². The molecule has 0 bridgehead atoms. The summed E-state index contributed by atoms with van der Waals surface area (Å²) < 4.78 is 23.9. The van der Waals surface area contributed by atoms with Crippen LogP contribution in [0.4, 0.5) is 0 Å². The van der Waals surface area contributed by atoms with E-state index in [0.717, 1.165) is 8.96 Å². The van der Waals surface area contributed by atoms with Crippen LogP contribution in [0.25, 0.3) is 33.5 Å². The molecule has 10 heteroatoms. The van der Waals surface area contributed by atoms with Crippen LogP contribution in [0, 0.1) is 3.57 Å².